The monoisotopic (exact) mass is 303 g/mol. The summed E-state index contributed by atoms with van der Waals surface area (Å²) in [5.74, 6) is 0.974. The van der Waals surface area contributed by atoms with Gasteiger partial charge in [-0.25, -0.2) is 0 Å². The van der Waals surface area contributed by atoms with E-state index in [1.54, 1.807) is 0 Å². The van der Waals surface area contributed by atoms with Gasteiger partial charge in [-0.1, -0.05) is 56.3 Å². The maximum Gasteiger partial charge on any atom is 0.129 e. The molecule has 0 saturated carbocycles. The lowest BCUT2D eigenvalue weighted by Crippen LogP contribution is -2.18. The molecule has 1 aromatic heterocycles. The number of nitrogens with zero attached hydrogens (tertiary/aromatic N) is 1. The minimum Gasteiger partial charge on any atom is -0.485 e. The Morgan fingerprint density at radius 2 is 1.83 bits per heavy atom. The molecule has 1 aliphatic heterocycles. The van der Waals surface area contributed by atoms with Crippen molar-refractivity contribution in [3.05, 3.63) is 71.0 Å². The topological polar surface area (TPSA) is 22.1 Å². The molecule has 0 aliphatic carbocycles. The van der Waals surface area contributed by atoms with Gasteiger partial charge in [0, 0.05) is 17.5 Å². The van der Waals surface area contributed by atoms with E-state index in [0.29, 0.717) is 0 Å². The maximum atomic E-state index is 6.32. The third-order valence-corrected chi connectivity index (χ3v) is 4.77. The Morgan fingerprint density at radius 1 is 1.00 bits per heavy atom. The van der Waals surface area contributed by atoms with Crippen molar-refractivity contribution in [2.24, 2.45) is 0 Å². The van der Waals surface area contributed by atoms with Crippen LogP contribution in [0.5, 0.6) is 5.75 Å². The van der Waals surface area contributed by atoms with Crippen molar-refractivity contribution < 1.29 is 4.74 Å². The number of pyridine rings is 1. The summed E-state index contributed by atoms with van der Waals surface area (Å²) in [4.78, 5) is 5.02. The van der Waals surface area contributed by atoms with Crippen molar-refractivity contribution in [3.8, 4) is 5.75 Å². The highest BCUT2D eigenvalue weighted by Crippen LogP contribution is 2.40. The molecule has 3 aromatic rings. The summed E-state index contributed by atoms with van der Waals surface area (Å²) in [5.41, 5.74) is 5.01. The van der Waals surface area contributed by atoms with E-state index in [0.717, 1.165) is 25.0 Å². The highest BCUT2D eigenvalue weighted by molar-refractivity contribution is 5.94. The molecule has 2 nitrogen and oxygen atoms in total. The Labute approximate surface area is 137 Å². The number of hydrogen-bond acceptors (Lipinski definition) is 2. The van der Waals surface area contributed by atoms with Gasteiger partial charge in [-0.3, -0.25) is 4.98 Å². The van der Waals surface area contributed by atoms with E-state index < -0.39 is 0 Å². The summed E-state index contributed by atoms with van der Waals surface area (Å²) in [6, 6.07) is 16.9. The van der Waals surface area contributed by atoms with Crippen LogP contribution in [0.15, 0.2) is 48.5 Å². The first-order chi connectivity index (χ1) is 11.3. The third kappa shape index (κ3) is 2.29. The summed E-state index contributed by atoms with van der Waals surface area (Å²) >= 11 is 0. The molecule has 2 heterocycles. The van der Waals surface area contributed by atoms with Gasteiger partial charge in [-0.15, -0.1) is 0 Å². The summed E-state index contributed by atoms with van der Waals surface area (Å²) in [6.45, 7) is 4.40. The van der Waals surface area contributed by atoms with E-state index in [2.05, 4.69) is 56.3 Å². The fraction of sp³-hybridized carbons (Fsp3) is 0.286. The van der Waals surface area contributed by atoms with Crippen LogP contribution in [-0.2, 0) is 19.3 Å². The van der Waals surface area contributed by atoms with E-state index in [1.807, 2.05) is 6.07 Å². The molecule has 0 amide bonds. The molecule has 1 unspecified atom stereocenters. The smallest absolute Gasteiger partial charge is 0.129 e. The maximum absolute atomic E-state index is 6.32. The predicted molar refractivity (Wildman–Crippen MR) is 94.0 cm³/mol. The number of aromatic nitrogens is 1. The van der Waals surface area contributed by atoms with E-state index in [-0.39, 0.29) is 6.10 Å². The normalized spacial score (nSPS) is 16.3. The molecule has 0 bridgehead atoms. The van der Waals surface area contributed by atoms with Crippen LogP contribution in [0.25, 0.3) is 10.8 Å². The molecule has 0 radical (unpaired) electrons. The lowest BCUT2D eigenvalue weighted by Gasteiger charge is -2.27. The molecule has 0 N–H and O–H groups in total. The van der Waals surface area contributed by atoms with Gasteiger partial charge in [-0.2, -0.15) is 0 Å². The molecule has 116 valence electrons. The Morgan fingerprint density at radius 3 is 2.57 bits per heavy atom. The van der Waals surface area contributed by atoms with Crippen LogP contribution in [-0.4, -0.2) is 4.98 Å². The zero-order valence-electron chi connectivity index (χ0n) is 13.7. The van der Waals surface area contributed by atoms with Crippen molar-refractivity contribution >= 4 is 10.8 Å². The standard InChI is InChI=1S/C21H21NO/c1-3-15-16-11-8-12-19-21(16)18(22-17(15)4-2)13-20(23-19)14-9-6-5-7-10-14/h5-12,20H,3-4,13H2,1-2H3. The molecular weight excluding hydrogens is 282 g/mol. The Bertz CT molecular complexity index is 855. The molecular formula is C21H21NO. The second-order valence-electron chi connectivity index (χ2n) is 6.09. The van der Waals surface area contributed by atoms with Crippen LogP contribution in [0.3, 0.4) is 0 Å². The Kier molecular flexibility index (Phi) is 3.53. The highest BCUT2D eigenvalue weighted by atomic mass is 16.5. The van der Waals surface area contributed by atoms with Gasteiger partial charge in [0.05, 0.1) is 5.69 Å². The van der Waals surface area contributed by atoms with Gasteiger partial charge in [0.2, 0.25) is 0 Å². The zero-order valence-corrected chi connectivity index (χ0v) is 13.7. The lowest BCUT2D eigenvalue weighted by molar-refractivity contribution is 0.200. The first-order valence-electron chi connectivity index (χ1n) is 8.46. The molecule has 2 aromatic carbocycles. The van der Waals surface area contributed by atoms with Gasteiger partial charge in [-0.05, 0) is 35.4 Å². The third-order valence-electron chi connectivity index (χ3n) is 4.77. The second-order valence-corrected chi connectivity index (χ2v) is 6.09. The van der Waals surface area contributed by atoms with Crippen LogP contribution in [0.2, 0.25) is 0 Å². The van der Waals surface area contributed by atoms with Crippen molar-refractivity contribution in [1.29, 1.82) is 0 Å². The fourth-order valence-corrected chi connectivity index (χ4v) is 3.68. The number of rotatable bonds is 3. The average molecular weight is 303 g/mol. The fourth-order valence-electron chi connectivity index (χ4n) is 3.68. The van der Waals surface area contributed by atoms with Crippen molar-refractivity contribution in [2.75, 3.05) is 0 Å². The molecule has 1 atom stereocenters. The zero-order chi connectivity index (χ0) is 15.8. The van der Waals surface area contributed by atoms with Crippen LogP contribution < -0.4 is 4.74 Å². The highest BCUT2D eigenvalue weighted by Gasteiger charge is 2.26. The first-order valence-corrected chi connectivity index (χ1v) is 8.46. The van der Waals surface area contributed by atoms with Gasteiger partial charge in [0.15, 0.2) is 0 Å². The number of hydrogen-bond donors (Lipinski definition) is 0. The molecule has 0 saturated heterocycles. The quantitative estimate of drug-likeness (QED) is 0.676. The van der Waals surface area contributed by atoms with Crippen molar-refractivity contribution in [1.82, 2.24) is 4.98 Å². The largest absolute Gasteiger partial charge is 0.485 e. The Balaban J connectivity index is 1.90. The van der Waals surface area contributed by atoms with Gasteiger partial charge in [0.1, 0.15) is 11.9 Å². The molecule has 1 aliphatic rings. The minimum absolute atomic E-state index is 0.0546. The molecule has 2 heteroatoms. The van der Waals surface area contributed by atoms with Crippen LogP contribution >= 0.6 is 0 Å². The molecule has 23 heavy (non-hydrogen) atoms. The van der Waals surface area contributed by atoms with Gasteiger partial charge >= 0.3 is 0 Å². The number of aryl methyl sites for hydroxylation is 2. The summed E-state index contributed by atoms with van der Waals surface area (Å²) < 4.78 is 6.32. The Hall–Kier alpha value is -2.35. The van der Waals surface area contributed by atoms with Crippen molar-refractivity contribution in [2.45, 2.75) is 39.2 Å². The molecule has 4 rings (SSSR count). The first kappa shape index (κ1) is 14.3. The van der Waals surface area contributed by atoms with Gasteiger partial charge < -0.3 is 4.74 Å². The SMILES string of the molecule is CCc1nc2c3c(cccc3c1CC)OC(c1ccccc1)C2. The lowest BCUT2D eigenvalue weighted by atomic mass is 9.93. The second kappa shape index (κ2) is 5.69. The van der Waals surface area contributed by atoms with Crippen LogP contribution in [0, 0.1) is 0 Å². The van der Waals surface area contributed by atoms with E-state index in [4.69, 9.17) is 9.72 Å². The molecule has 0 fully saturated rings. The summed E-state index contributed by atoms with van der Waals surface area (Å²) in [5, 5.41) is 2.53. The predicted octanol–water partition coefficient (Wildman–Crippen LogP) is 5.04. The molecule has 0 spiro atoms. The van der Waals surface area contributed by atoms with Crippen LogP contribution in [0.4, 0.5) is 0 Å². The summed E-state index contributed by atoms with van der Waals surface area (Å²) in [7, 11) is 0. The minimum atomic E-state index is 0.0546. The van der Waals surface area contributed by atoms with Gasteiger partial charge in [0.25, 0.3) is 0 Å². The summed E-state index contributed by atoms with van der Waals surface area (Å²) in [6.07, 6.45) is 2.89. The average Bonchev–Trinajstić information content (AvgIpc) is 2.62. The van der Waals surface area contributed by atoms with E-state index >= 15 is 0 Å². The number of benzene rings is 2. The van der Waals surface area contributed by atoms with E-state index in [9.17, 15) is 0 Å². The van der Waals surface area contributed by atoms with Crippen LogP contribution in [0.1, 0.15) is 42.5 Å². The number of ether oxygens (including phenoxy) is 1. The van der Waals surface area contributed by atoms with E-state index in [1.165, 1.54) is 33.3 Å². The van der Waals surface area contributed by atoms with Crippen molar-refractivity contribution in [3.63, 3.8) is 0 Å².